The summed E-state index contributed by atoms with van der Waals surface area (Å²) in [5, 5.41) is 12.9. The van der Waals surface area contributed by atoms with E-state index in [4.69, 9.17) is 9.47 Å². The fourth-order valence-corrected chi connectivity index (χ4v) is 3.31. The van der Waals surface area contributed by atoms with Crippen LogP contribution in [0.2, 0.25) is 0 Å². The van der Waals surface area contributed by atoms with E-state index in [1.54, 1.807) is 18.4 Å². The van der Waals surface area contributed by atoms with E-state index in [0.29, 0.717) is 31.7 Å². The van der Waals surface area contributed by atoms with Crippen molar-refractivity contribution in [2.75, 3.05) is 20.3 Å². The van der Waals surface area contributed by atoms with Gasteiger partial charge in [0, 0.05) is 13.0 Å². The van der Waals surface area contributed by atoms with Crippen molar-refractivity contribution in [3.05, 3.63) is 33.8 Å². The predicted molar refractivity (Wildman–Crippen MR) is 87.0 cm³/mol. The van der Waals surface area contributed by atoms with Gasteiger partial charge in [-0.25, -0.2) is 0 Å². The molecule has 0 bridgehead atoms. The van der Waals surface area contributed by atoms with Crippen LogP contribution < -0.4 is 14.8 Å². The normalized spacial score (nSPS) is 16.3. The molecular formula is C16H19N3O3S. The largest absolute Gasteiger partial charge is 0.493 e. The van der Waals surface area contributed by atoms with E-state index in [1.807, 2.05) is 25.1 Å². The average molecular weight is 333 g/mol. The Labute approximate surface area is 138 Å². The summed E-state index contributed by atoms with van der Waals surface area (Å²) in [4.78, 5) is 12.3. The maximum absolute atomic E-state index is 12.3. The van der Waals surface area contributed by atoms with Crippen LogP contribution in [0.4, 0.5) is 0 Å². The molecule has 0 spiro atoms. The number of rotatable bonds is 5. The summed E-state index contributed by atoms with van der Waals surface area (Å²) >= 11 is 1.56. The van der Waals surface area contributed by atoms with Crippen molar-refractivity contribution < 1.29 is 14.3 Å². The van der Waals surface area contributed by atoms with Crippen LogP contribution in [-0.2, 0) is 17.6 Å². The molecule has 7 heteroatoms. The number of nitrogens with one attached hydrogen (secondary N) is 1. The summed E-state index contributed by atoms with van der Waals surface area (Å²) in [5.41, 5.74) is 1.01. The molecule has 0 saturated carbocycles. The summed E-state index contributed by atoms with van der Waals surface area (Å²) < 4.78 is 11.0. The fourth-order valence-electron chi connectivity index (χ4n) is 2.60. The molecule has 0 radical (unpaired) electrons. The second-order valence-corrected chi connectivity index (χ2v) is 6.68. The molecule has 0 unspecified atom stereocenters. The van der Waals surface area contributed by atoms with Gasteiger partial charge in [0.25, 0.3) is 0 Å². The number of ether oxygens (including phenoxy) is 2. The number of aromatic nitrogens is 2. The molecule has 1 atom stereocenters. The topological polar surface area (TPSA) is 73.3 Å². The quantitative estimate of drug-likeness (QED) is 0.903. The number of hydrogen-bond acceptors (Lipinski definition) is 6. The number of aryl methyl sites for hydroxylation is 1. The van der Waals surface area contributed by atoms with Crippen molar-refractivity contribution >= 4 is 17.2 Å². The molecule has 0 saturated heterocycles. The number of carbonyl (C=O) groups excluding carboxylic acids is 1. The highest BCUT2D eigenvalue weighted by atomic mass is 32.1. The molecule has 1 amide bonds. The van der Waals surface area contributed by atoms with Gasteiger partial charge in [-0.1, -0.05) is 12.1 Å². The first kappa shape index (κ1) is 15.7. The molecule has 122 valence electrons. The number of hydrogen-bond donors (Lipinski definition) is 1. The van der Waals surface area contributed by atoms with Gasteiger partial charge in [0.2, 0.25) is 5.91 Å². The summed E-state index contributed by atoms with van der Waals surface area (Å²) in [6.07, 6.45) is 1.37. The third-order valence-corrected chi connectivity index (χ3v) is 4.65. The van der Waals surface area contributed by atoms with Crippen molar-refractivity contribution in [3.8, 4) is 11.5 Å². The number of fused-ring (bicyclic) bond motifs is 1. The van der Waals surface area contributed by atoms with E-state index in [2.05, 4.69) is 15.5 Å². The highest BCUT2D eigenvalue weighted by Crippen LogP contribution is 2.35. The van der Waals surface area contributed by atoms with Crippen LogP contribution in [0.5, 0.6) is 11.5 Å². The van der Waals surface area contributed by atoms with Gasteiger partial charge in [-0.05, 0) is 25.0 Å². The van der Waals surface area contributed by atoms with Crippen molar-refractivity contribution in [1.29, 1.82) is 0 Å². The van der Waals surface area contributed by atoms with Crippen LogP contribution in [0.15, 0.2) is 18.2 Å². The zero-order valence-electron chi connectivity index (χ0n) is 13.2. The van der Waals surface area contributed by atoms with Crippen LogP contribution in [-0.4, -0.2) is 36.4 Å². The molecule has 1 aliphatic heterocycles. The van der Waals surface area contributed by atoms with Gasteiger partial charge >= 0.3 is 0 Å². The lowest BCUT2D eigenvalue weighted by Gasteiger charge is -2.25. The van der Waals surface area contributed by atoms with Gasteiger partial charge in [0.15, 0.2) is 11.5 Å². The predicted octanol–water partition coefficient (Wildman–Crippen LogP) is 1.77. The number of methoxy groups -OCH3 is 1. The SMILES string of the molecule is COc1cccc2c1OC[C@@H](C(=O)NCCc1nnc(C)s1)C2. The van der Waals surface area contributed by atoms with E-state index in [0.717, 1.165) is 21.3 Å². The zero-order valence-corrected chi connectivity index (χ0v) is 14.0. The standard InChI is InChI=1S/C16H19N3O3S/c1-10-18-19-14(23-10)6-7-17-16(20)12-8-11-4-3-5-13(21-2)15(11)22-9-12/h3-5,12H,6-9H2,1-2H3,(H,17,20)/t12-/m0/s1. The van der Waals surface area contributed by atoms with E-state index in [9.17, 15) is 4.79 Å². The van der Waals surface area contributed by atoms with Gasteiger partial charge in [0.1, 0.15) is 16.6 Å². The van der Waals surface area contributed by atoms with E-state index in [-0.39, 0.29) is 11.8 Å². The molecule has 1 aromatic heterocycles. The van der Waals surface area contributed by atoms with Crippen molar-refractivity contribution in [3.63, 3.8) is 0 Å². The summed E-state index contributed by atoms with van der Waals surface area (Å²) in [7, 11) is 1.62. The molecule has 23 heavy (non-hydrogen) atoms. The van der Waals surface area contributed by atoms with Crippen LogP contribution in [0.1, 0.15) is 15.6 Å². The Bertz CT molecular complexity index is 702. The Hall–Kier alpha value is -2.15. The Kier molecular flexibility index (Phi) is 4.76. The second-order valence-electron chi connectivity index (χ2n) is 5.42. The minimum Gasteiger partial charge on any atom is -0.493 e. The van der Waals surface area contributed by atoms with Crippen LogP contribution in [0, 0.1) is 12.8 Å². The Morgan fingerprint density at radius 2 is 2.35 bits per heavy atom. The van der Waals surface area contributed by atoms with E-state index < -0.39 is 0 Å². The third-order valence-electron chi connectivity index (χ3n) is 3.75. The highest BCUT2D eigenvalue weighted by molar-refractivity contribution is 7.11. The number of nitrogens with zero attached hydrogens (tertiary/aromatic N) is 2. The molecule has 6 nitrogen and oxygen atoms in total. The van der Waals surface area contributed by atoms with E-state index >= 15 is 0 Å². The van der Waals surface area contributed by atoms with Gasteiger partial charge in [-0.3, -0.25) is 4.79 Å². The minimum absolute atomic E-state index is 0.0136. The molecule has 1 N–H and O–H groups in total. The second kappa shape index (κ2) is 6.95. The molecule has 2 aromatic rings. The van der Waals surface area contributed by atoms with Crippen LogP contribution in [0.25, 0.3) is 0 Å². The first-order valence-electron chi connectivity index (χ1n) is 7.52. The Morgan fingerprint density at radius 3 is 3.09 bits per heavy atom. The lowest BCUT2D eigenvalue weighted by atomic mass is 9.95. The molecular weight excluding hydrogens is 314 g/mol. The zero-order chi connectivity index (χ0) is 16.2. The van der Waals surface area contributed by atoms with E-state index in [1.165, 1.54) is 0 Å². The molecule has 2 heterocycles. The van der Waals surface area contributed by atoms with Crippen molar-refractivity contribution in [2.24, 2.45) is 5.92 Å². The van der Waals surface area contributed by atoms with Gasteiger partial charge in [-0.15, -0.1) is 21.5 Å². The number of para-hydroxylation sites is 1. The molecule has 1 aromatic carbocycles. The molecule has 3 rings (SSSR count). The first-order valence-corrected chi connectivity index (χ1v) is 8.34. The Morgan fingerprint density at radius 1 is 1.48 bits per heavy atom. The lowest BCUT2D eigenvalue weighted by Crippen LogP contribution is -2.38. The summed E-state index contributed by atoms with van der Waals surface area (Å²) in [5.74, 6) is 1.31. The van der Waals surface area contributed by atoms with Crippen LogP contribution >= 0.6 is 11.3 Å². The molecule has 0 fully saturated rings. The monoisotopic (exact) mass is 333 g/mol. The van der Waals surface area contributed by atoms with Gasteiger partial charge in [-0.2, -0.15) is 0 Å². The lowest BCUT2D eigenvalue weighted by molar-refractivity contribution is -0.126. The number of benzene rings is 1. The minimum atomic E-state index is -0.175. The average Bonchev–Trinajstić information content (AvgIpc) is 2.99. The van der Waals surface area contributed by atoms with Crippen LogP contribution in [0.3, 0.4) is 0 Å². The smallest absolute Gasteiger partial charge is 0.226 e. The molecule has 0 aliphatic carbocycles. The van der Waals surface area contributed by atoms with Gasteiger partial charge < -0.3 is 14.8 Å². The Balaban J connectivity index is 1.54. The number of amides is 1. The maximum Gasteiger partial charge on any atom is 0.226 e. The molecule has 1 aliphatic rings. The van der Waals surface area contributed by atoms with Gasteiger partial charge in [0.05, 0.1) is 13.0 Å². The third kappa shape index (κ3) is 3.61. The summed E-state index contributed by atoms with van der Waals surface area (Å²) in [6.45, 7) is 2.86. The van der Waals surface area contributed by atoms with Crippen molar-refractivity contribution in [1.82, 2.24) is 15.5 Å². The number of carbonyl (C=O) groups is 1. The van der Waals surface area contributed by atoms with Crippen molar-refractivity contribution in [2.45, 2.75) is 19.8 Å². The fraction of sp³-hybridized carbons (Fsp3) is 0.438. The maximum atomic E-state index is 12.3. The summed E-state index contributed by atoms with van der Waals surface area (Å²) in [6, 6.07) is 5.75. The highest BCUT2D eigenvalue weighted by Gasteiger charge is 2.27. The first-order chi connectivity index (χ1) is 11.2.